The van der Waals surface area contributed by atoms with Crippen LogP contribution in [0.15, 0.2) is 27.6 Å². The first-order valence-electron chi connectivity index (χ1n) is 6.64. The zero-order chi connectivity index (χ0) is 14.8. The van der Waals surface area contributed by atoms with Crippen LogP contribution < -0.4 is 5.73 Å². The molecule has 5 nitrogen and oxygen atoms in total. The first-order chi connectivity index (χ1) is 9.46. The monoisotopic (exact) mass is 362 g/mol. The van der Waals surface area contributed by atoms with Crippen LogP contribution in [0.5, 0.6) is 0 Å². The molecule has 0 unspecified atom stereocenters. The van der Waals surface area contributed by atoms with Crippen molar-refractivity contribution in [2.75, 3.05) is 18.9 Å². The summed E-state index contributed by atoms with van der Waals surface area (Å²) in [5.41, 5.74) is 6.09. The maximum atomic E-state index is 12.8. The Morgan fingerprint density at radius 3 is 2.60 bits per heavy atom. The highest BCUT2D eigenvalue weighted by Crippen LogP contribution is 2.32. The van der Waals surface area contributed by atoms with Crippen molar-refractivity contribution in [3.8, 4) is 0 Å². The van der Waals surface area contributed by atoms with Gasteiger partial charge >= 0.3 is 0 Å². The predicted molar refractivity (Wildman–Crippen MR) is 81.8 cm³/mol. The second-order valence-corrected chi connectivity index (χ2v) is 7.73. The second-order valence-electron chi connectivity index (χ2n) is 4.96. The van der Waals surface area contributed by atoms with Crippen LogP contribution in [0.25, 0.3) is 0 Å². The number of hydrogen-bond donors (Lipinski definition) is 2. The molecule has 0 amide bonds. The van der Waals surface area contributed by atoms with E-state index in [4.69, 9.17) is 10.8 Å². The van der Waals surface area contributed by atoms with Gasteiger partial charge in [0.2, 0.25) is 10.0 Å². The number of benzene rings is 1. The summed E-state index contributed by atoms with van der Waals surface area (Å²) < 4.78 is 27.7. The molecule has 0 saturated heterocycles. The number of aliphatic hydroxyl groups excluding tert-OH is 1. The Hall–Kier alpha value is -0.630. The third-order valence-corrected chi connectivity index (χ3v) is 6.10. The van der Waals surface area contributed by atoms with Crippen molar-refractivity contribution in [1.82, 2.24) is 4.31 Å². The molecule has 1 fully saturated rings. The van der Waals surface area contributed by atoms with Gasteiger partial charge in [-0.15, -0.1) is 0 Å². The van der Waals surface area contributed by atoms with Gasteiger partial charge < -0.3 is 10.8 Å². The summed E-state index contributed by atoms with van der Waals surface area (Å²) in [5, 5.41) is 8.96. The van der Waals surface area contributed by atoms with Gasteiger partial charge in [0.05, 0.1) is 5.69 Å². The van der Waals surface area contributed by atoms with Crippen LogP contribution in [0.1, 0.15) is 25.7 Å². The Bertz CT molecular complexity index is 573. The maximum Gasteiger partial charge on any atom is 0.245 e. The topological polar surface area (TPSA) is 83.6 Å². The molecule has 0 heterocycles. The molecule has 3 N–H and O–H groups in total. The number of nitrogens with two attached hydrogens (primary N) is 1. The lowest BCUT2D eigenvalue weighted by molar-refractivity contribution is 0.198. The number of hydrogen-bond acceptors (Lipinski definition) is 4. The standard InChI is InChI=1S/C13H19BrN2O3S/c14-10-5-6-13(12(15)9-10)20(18,19)16(7-2-8-17)11-3-1-4-11/h5-6,9,11,17H,1-4,7-8,15H2. The Balaban J connectivity index is 2.33. The largest absolute Gasteiger partial charge is 0.398 e. The van der Waals surface area contributed by atoms with Crippen molar-refractivity contribution in [3.05, 3.63) is 22.7 Å². The van der Waals surface area contributed by atoms with Gasteiger partial charge in [-0.3, -0.25) is 0 Å². The quantitative estimate of drug-likeness (QED) is 0.757. The van der Waals surface area contributed by atoms with Crippen molar-refractivity contribution in [2.45, 2.75) is 36.6 Å². The van der Waals surface area contributed by atoms with Gasteiger partial charge in [-0.1, -0.05) is 22.4 Å². The summed E-state index contributed by atoms with van der Waals surface area (Å²) in [6.45, 7) is 0.313. The molecule has 0 aromatic heterocycles. The first-order valence-corrected chi connectivity index (χ1v) is 8.88. The molecule has 0 aliphatic heterocycles. The summed E-state index contributed by atoms with van der Waals surface area (Å²) in [5.74, 6) is 0. The predicted octanol–water partition coefficient (Wildman–Crippen LogP) is 1.96. The molecule has 0 radical (unpaired) electrons. The summed E-state index contributed by atoms with van der Waals surface area (Å²) in [4.78, 5) is 0.144. The second kappa shape index (κ2) is 6.43. The van der Waals surface area contributed by atoms with Gasteiger partial charge in [0, 0.05) is 23.7 Å². The minimum atomic E-state index is -3.60. The minimum Gasteiger partial charge on any atom is -0.398 e. The molecule has 1 aliphatic carbocycles. The zero-order valence-corrected chi connectivity index (χ0v) is 13.5. The number of anilines is 1. The van der Waals surface area contributed by atoms with Crippen LogP contribution in [0.2, 0.25) is 0 Å². The molecule has 112 valence electrons. The number of rotatable bonds is 6. The van der Waals surface area contributed by atoms with E-state index in [0.29, 0.717) is 13.0 Å². The highest BCUT2D eigenvalue weighted by atomic mass is 79.9. The highest BCUT2D eigenvalue weighted by Gasteiger charge is 2.35. The molecule has 20 heavy (non-hydrogen) atoms. The van der Waals surface area contributed by atoms with Crippen molar-refractivity contribution >= 4 is 31.6 Å². The van der Waals surface area contributed by atoms with E-state index in [2.05, 4.69) is 15.9 Å². The SMILES string of the molecule is Nc1cc(Br)ccc1S(=O)(=O)N(CCCO)C1CCC1. The summed E-state index contributed by atoms with van der Waals surface area (Å²) in [7, 11) is -3.60. The third-order valence-electron chi connectivity index (χ3n) is 3.58. The van der Waals surface area contributed by atoms with Crippen molar-refractivity contribution < 1.29 is 13.5 Å². The Labute approximate surface area is 128 Å². The van der Waals surface area contributed by atoms with Gasteiger partial charge in [-0.2, -0.15) is 4.31 Å². The lowest BCUT2D eigenvalue weighted by Crippen LogP contribution is -2.45. The number of aliphatic hydroxyl groups is 1. The van der Waals surface area contributed by atoms with E-state index in [9.17, 15) is 8.42 Å². The van der Waals surface area contributed by atoms with Crippen LogP contribution in [0.3, 0.4) is 0 Å². The molecular weight excluding hydrogens is 344 g/mol. The number of nitrogen functional groups attached to an aromatic ring is 1. The fourth-order valence-electron chi connectivity index (χ4n) is 2.28. The Morgan fingerprint density at radius 2 is 2.10 bits per heavy atom. The summed E-state index contributed by atoms with van der Waals surface area (Å²) in [6, 6.07) is 4.83. The molecule has 0 atom stereocenters. The van der Waals surface area contributed by atoms with Crippen LogP contribution in [-0.4, -0.2) is 37.0 Å². The number of sulfonamides is 1. The number of nitrogens with zero attached hydrogens (tertiary/aromatic N) is 1. The molecule has 1 aromatic carbocycles. The van der Waals surface area contributed by atoms with Gasteiger partial charge in [0.25, 0.3) is 0 Å². The van der Waals surface area contributed by atoms with E-state index < -0.39 is 10.0 Å². The van der Waals surface area contributed by atoms with Gasteiger partial charge in [0.1, 0.15) is 4.90 Å². The first kappa shape index (κ1) is 15.8. The molecular formula is C13H19BrN2O3S. The average molecular weight is 363 g/mol. The molecule has 0 bridgehead atoms. The van der Waals surface area contributed by atoms with Crippen LogP contribution >= 0.6 is 15.9 Å². The lowest BCUT2D eigenvalue weighted by atomic mass is 9.93. The van der Waals surface area contributed by atoms with E-state index in [1.54, 1.807) is 12.1 Å². The van der Waals surface area contributed by atoms with Gasteiger partial charge in [-0.05, 0) is 37.5 Å². The molecule has 1 aromatic rings. The average Bonchev–Trinajstić information content (AvgIpc) is 2.31. The van der Waals surface area contributed by atoms with Gasteiger partial charge in [0.15, 0.2) is 0 Å². The fraction of sp³-hybridized carbons (Fsp3) is 0.538. The normalized spacial score (nSPS) is 16.4. The van der Waals surface area contributed by atoms with Crippen molar-refractivity contribution in [1.29, 1.82) is 0 Å². The third kappa shape index (κ3) is 3.16. The summed E-state index contributed by atoms with van der Waals surface area (Å²) in [6.07, 6.45) is 3.24. The van der Waals surface area contributed by atoms with E-state index in [1.165, 1.54) is 10.4 Å². The summed E-state index contributed by atoms with van der Waals surface area (Å²) >= 11 is 3.27. The molecule has 1 aliphatic rings. The minimum absolute atomic E-state index is 0.0193. The van der Waals surface area contributed by atoms with E-state index >= 15 is 0 Å². The molecule has 2 rings (SSSR count). The lowest BCUT2D eigenvalue weighted by Gasteiger charge is -2.36. The van der Waals surface area contributed by atoms with Crippen molar-refractivity contribution in [3.63, 3.8) is 0 Å². The smallest absolute Gasteiger partial charge is 0.245 e. The Kier molecular flexibility index (Phi) is 5.06. The molecule has 0 spiro atoms. The van der Waals surface area contributed by atoms with E-state index in [-0.39, 0.29) is 23.2 Å². The number of halogens is 1. The van der Waals surface area contributed by atoms with Gasteiger partial charge in [-0.25, -0.2) is 8.42 Å². The van der Waals surface area contributed by atoms with E-state index in [1.807, 2.05) is 0 Å². The fourth-order valence-corrected chi connectivity index (χ4v) is 4.48. The van der Waals surface area contributed by atoms with Crippen LogP contribution in [0.4, 0.5) is 5.69 Å². The van der Waals surface area contributed by atoms with Crippen LogP contribution in [0, 0.1) is 0 Å². The van der Waals surface area contributed by atoms with Crippen LogP contribution in [-0.2, 0) is 10.0 Å². The zero-order valence-electron chi connectivity index (χ0n) is 11.1. The maximum absolute atomic E-state index is 12.8. The van der Waals surface area contributed by atoms with E-state index in [0.717, 1.165) is 23.7 Å². The Morgan fingerprint density at radius 1 is 1.40 bits per heavy atom. The molecule has 7 heteroatoms. The highest BCUT2D eigenvalue weighted by molar-refractivity contribution is 9.10. The molecule has 1 saturated carbocycles. The van der Waals surface area contributed by atoms with Crippen molar-refractivity contribution in [2.24, 2.45) is 0 Å².